The quantitative estimate of drug-likeness (QED) is 0.580. The molecule has 1 aliphatic rings. The lowest BCUT2D eigenvalue weighted by Gasteiger charge is -2.03. The van der Waals surface area contributed by atoms with Crippen LogP contribution in [-0.4, -0.2) is 12.5 Å². The average molecular weight is 232 g/mol. The van der Waals surface area contributed by atoms with Crippen LogP contribution in [0.5, 0.6) is 0 Å². The second kappa shape index (κ2) is 1.82. The fraction of sp³-hybridized carbons (Fsp3) is 0.500. The Morgan fingerprint density at radius 1 is 1.75 bits per heavy atom. The maximum Gasteiger partial charge on any atom is 0.314 e. The van der Waals surface area contributed by atoms with Gasteiger partial charge in [-0.25, -0.2) is 0 Å². The molecular weight excluding hydrogens is 229 g/mol. The van der Waals surface area contributed by atoms with Gasteiger partial charge in [0.05, 0.1) is 9.84 Å². The highest BCUT2D eigenvalue weighted by atomic mass is 127. The third kappa shape index (κ3) is 0.936. The van der Waals surface area contributed by atoms with Crippen molar-refractivity contribution >= 4 is 22.6 Å². The minimum Gasteiger partial charge on any atom is -0.494 e. The fourth-order valence-electron chi connectivity index (χ4n) is 0.375. The maximum absolute atomic E-state index is 12.1. The van der Waals surface area contributed by atoms with E-state index in [9.17, 15) is 8.78 Å². The number of halogens is 3. The zero-order valence-corrected chi connectivity index (χ0v) is 5.98. The van der Waals surface area contributed by atoms with Crippen molar-refractivity contribution in [3.05, 3.63) is 9.84 Å². The van der Waals surface area contributed by atoms with Crippen molar-refractivity contribution in [2.45, 2.75) is 5.92 Å². The SMILES string of the molecule is FC1(F)COC=C1I. The summed E-state index contributed by atoms with van der Waals surface area (Å²) in [5.41, 5.74) is 0. The molecule has 0 spiro atoms. The molecule has 1 nitrogen and oxygen atoms in total. The summed E-state index contributed by atoms with van der Waals surface area (Å²) in [7, 11) is 0. The van der Waals surface area contributed by atoms with Gasteiger partial charge in [-0.2, -0.15) is 8.78 Å². The van der Waals surface area contributed by atoms with Gasteiger partial charge in [0.15, 0.2) is 6.61 Å². The molecule has 1 heterocycles. The molecule has 0 radical (unpaired) electrons. The molecule has 0 unspecified atom stereocenters. The van der Waals surface area contributed by atoms with E-state index in [-0.39, 0.29) is 3.58 Å². The van der Waals surface area contributed by atoms with Crippen LogP contribution in [0, 0.1) is 0 Å². The topological polar surface area (TPSA) is 9.23 Å². The first kappa shape index (κ1) is 6.25. The molecule has 0 N–H and O–H groups in total. The van der Waals surface area contributed by atoms with Gasteiger partial charge in [-0.3, -0.25) is 0 Å². The van der Waals surface area contributed by atoms with Crippen LogP contribution < -0.4 is 0 Å². The Balaban J connectivity index is 2.73. The van der Waals surface area contributed by atoms with Crippen LogP contribution in [0.15, 0.2) is 9.84 Å². The highest BCUT2D eigenvalue weighted by molar-refractivity contribution is 14.1. The highest BCUT2D eigenvalue weighted by Crippen LogP contribution is 2.33. The number of ether oxygens (including phenoxy) is 1. The summed E-state index contributed by atoms with van der Waals surface area (Å²) >= 11 is 1.56. The van der Waals surface area contributed by atoms with E-state index in [1.54, 1.807) is 22.6 Å². The van der Waals surface area contributed by atoms with Crippen LogP contribution in [0.4, 0.5) is 8.78 Å². The Labute approximate surface area is 58.8 Å². The van der Waals surface area contributed by atoms with Gasteiger partial charge in [-0.05, 0) is 22.6 Å². The van der Waals surface area contributed by atoms with Crippen LogP contribution in [0.2, 0.25) is 0 Å². The lowest BCUT2D eigenvalue weighted by atomic mass is 10.4. The second-order valence-electron chi connectivity index (χ2n) is 1.48. The third-order valence-corrected chi connectivity index (χ3v) is 1.84. The van der Waals surface area contributed by atoms with Crippen molar-refractivity contribution in [2.24, 2.45) is 0 Å². The predicted molar refractivity (Wildman–Crippen MR) is 33.0 cm³/mol. The molecule has 0 aliphatic carbocycles. The molecular formula is C4H3F2IO. The Kier molecular flexibility index (Phi) is 1.42. The molecule has 1 rings (SSSR count). The molecule has 0 saturated carbocycles. The Bertz CT molecular complexity index is 132. The minimum absolute atomic E-state index is 0.0184. The summed E-state index contributed by atoms with van der Waals surface area (Å²) in [5.74, 6) is -2.72. The smallest absolute Gasteiger partial charge is 0.314 e. The van der Waals surface area contributed by atoms with Crippen LogP contribution in [0.3, 0.4) is 0 Å². The predicted octanol–water partition coefficient (Wildman–Crippen LogP) is 1.93. The van der Waals surface area contributed by atoms with Gasteiger partial charge < -0.3 is 4.74 Å². The number of alkyl halides is 2. The summed E-state index contributed by atoms with van der Waals surface area (Å²) < 4.78 is 28.6. The van der Waals surface area contributed by atoms with Gasteiger partial charge in [0, 0.05) is 0 Å². The third-order valence-electron chi connectivity index (χ3n) is 0.801. The highest BCUT2D eigenvalue weighted by Gasteiger charge is 2.37. The molecule has 0 bridgehead atoms. The van der Waals surface area contributed by atoms with E-state index in [0.29, 0.717) is 0 Å². The molecule has 4 heteroatoms. The molecule has 46 valence electrons. The van der Waals surface area contributed by atoms with Crippen molar-refractivity contribution in [1.29, 1.82) is 0 Å². The summed E-state index contributed by atoms with van der Waals surface area (Å²) in [5, 5.41) is 0. The van der Waals surface area contributed by atoms with Crippen molar-refractivity contribution < 1.29 is 13.5 Å². The number of hydrogen-bond acceptors (Lipinski definition) is 1. The fourth-order valence-corrected chi connectivity index (χ4v) is 0.710. The van der Waals surface area contributed by atoms with Crippen LogP contribution in [-0.2, 0) is 4.74 Å². The first-order valence-corrected chi connectivity index (χ1v) is 3.06. The zero-order valence-electron chi connectivity index (χ0n) is 3.83. The van der Waals surface area contributed by atoms with Gasteiger partial charge in [-0.15, -0.1) is 0 Å². The zero-order chi connectivity index (χ0) is 6.20. The Hall–Kier alpha value is 0.130. The van der Waals surface area contributed by atoms with Gasteiger partial charge in [0.25, 0.3) is 0 Å². The van der Waals surface area contributed by atoms with E-state index in [4.69, 9.17) is 0 Å². The Morgan fingerprint density at radius 2 is 2.38 bits per heavy atom. The van der Waals surface area contributed by atoms with Gasteiger partial charge in [-0.1, -0.05) is 0 Å². The molecule has 0 atom stereocenters. The standard InChI is InChI=1S/C4H3F2IO/c5-4(6)2-8-1-3(4)7/h1H,2H2. The minimum atomic E-state index is -2.72. The lowest BCUT2D eigenvalue weighted by molar-refractivity contribution is 0.0133. The maximum atomic E-state index is 12.1. The van der Waals surface area contributed by atoms with E-state index in [1.165, 1.54) is 0 Å². The molecule has 1 aliphatic heterocycles. The molecule has 8 heavy (non-hydrogen) atoms. The van der Waals surface area contributed by atoms with E-state index in [2.05, 4.69) is 4.74 Å². The first-order chi connectivity index (χ1) is 3.63. The summed E-state index contributed by atoms with van der Waals surface area (Å²) in [6.45, 7) is -0.495. The number of hydrogen-bond donors (Lipinski definition) is 0. The molecule has 0 saturated heterocycles. The van der Waals surface area contributed by atoms with Crippen LogP contribution in [0.25, 0.3) is 0 Å². The molecule has 0 fully saturated rings. The lowest BCUT2D eigenvalue weighted by Crippen LogP contribution is -2.16. The summed E-state index contributed by atoms with van der Waals surface area (Å²) in [6, 6.07) is 0. The number of rotatable bonds is 0. The van der Waals surface area contributed by atoms with Crippen molar-refractivity contribution in [2.75, 3.05) is 6.61 Å². The van der Waals surface area contributed by atoms with Crippen LogP contribution in [0.1, 0.15) is 0 Å². The van der Waals surface area contributed by atoms with Crippen molar-refractivity contribution in [1.82, 2.24) is 0 Å². The average Bonchev–Trinajstić information content (AvgIpc) is 1.86. The molecule has 0 aromatic heterocycles. The van der Waals surface area contributed by atoms with Gasteiger partial charge >= 0.3 is 5.92 Å². The van der Waals surface area contributed by atoms with Crippen LogP contribution >= 0.6 is 22.6 Å². The molecule has 0 amide bonds. The van der Waals surface area contributed by atoms with Crippen molar-refractivity contribution in [3.63, 3.8) is 0 Å². The molecule has 0 aromatic rings. The molecule has 0 aromatic carbocycles. The van der Waals surface area contributed by atoms with E-state index < -0.39 is 12.5 Å². The monoisotopic (exact) mass is 232 g/mol. The van der Waals surface area contributed by atoms with Gasteiger partial charge in [0.2, 0.25) is 0 Å². The van der Waals surface area contributed by atoms with E-state index >= 15 is 0 Å². The van der Waals surface area contributed by atoms with Gasteiger partial charge in [0.1, 0.15) is 0 Å². The first-order valence-electron chi connectivity index (χ1n) is 1.98. The van der Waals surface area contributed by atoms with Crippen molar-refractivity contribution in [3.8, 4) is 0 Å². The largest absolute Gasteiger partial charge is 0.494 e. The normalized spacial score (nSPS) is 24.6. The Morgan fingerprint density at radius 3 is 2.50 bits per heavy atom. The van der Waals surface area contributed by atoms with E-state index in [0.717, 1.165) is 6.26 Å². The second-order valence-corrected chi connectivity index (χ2v) is 2.64. The summed E-state index contributed by atoms with van der Waals surface area (Å²) in [6.07, 6.45) is 1.08. The summed E-state index contributed by atoms with van der Waals surface area (Å²) in [4.78, 5) is 0. The van der Waals surface area contributed by atoms with E-state index in [1.807, 2.05) is 0 Å².